The van der Waals surface area contributed by atoms with Crippen LogP contribution in [0.2, 0.25) is 0 Å². The highest BCUT2D eigenvalue weighted by molar-refractivity contribution is 5.98. The Morgan fingerprint density at radius 1 is 1.12 bits per heavy atom. The molecule has 0 radical (unpaired) electrons. The number of ketones is 1. The van der Waals surface area contributed by atoms with Crippen LogP contribution in [0.4, 0.5) is 5.69 Å². The number of aromatic nitrogens is 1. The number of rotatable bonds is 6. The Morgan fingerprint density at radius 2 is 1.88 bits per heavy atom. The zero-order valence-corrected chi connectivity index (χ0v) is 19.8. The zero-order valence-electron chi connectivity index (χ0n) is 19.8. The van der Waals surface area contributed by atoms with Crippen molar-refractivity contribution in [3.8, 4) is 5.75 Å². The summed E-state index contributed by atoms with van der Waals surface area (Å²) in [5.41, 5.74) is 5.42. The molecule has 3 aromatic rings. The summed E-state index contributed by atoms with van der Waals surface area (Å²) in [4.78, 5) is 31.7. The molecular weight excluding hydrogens is 414 g/mol. The van der Waals surface area contributed by atoms with E-state index >= 15 is 0 Å². The lowest BCUT2D eigenvalue weighted by atomic mass is 9.88. The zero-order chi connectivity index (χ0) is 23.5. The Hall–Kier alpha value is -3.25. The second kappa shape index (κ2) is 9.71. The van der Waals surface area contributed by atoms with E-state index in [1.54, 1.807) is 7.11 Å². The minimum Gasteiger partial charge on any atom is -0.496 e. The molecule has 2 aromatic carbocycles. The normalized spacial score (nSPS) is 16.5. The number of fused-ring (bicyclic) bond motifs is 1. The van der Waals surface area contributed by atoms with Crippen LogP contribution in [0.3, 0.4) is 0 Å². The Labute approximate surface area is 195 Å². The Morgan fingerprint density at radius 3 is 2.58 bits per heavy atom. The molecule has 1 fully saturated rings. The molecule has 1 atom stereocenters. The van der Waals surface area contributed by atoms with Crippen LogP contribution < -0.4 is 10.1 Å². The molecule has 172 valence electrons. The lowest BCUT2D eigenvalue weighted by Crippen LogP contribution is -2.38. The number of piperidine rings is 1. The molecule has 6 heteroatoms. The van der Waals surface area contributed by atoms with Crippen molar-refractivity contribution in [3.05, 3.63) is 64.8 Å². The fourth-order valence-electron chi connectivity index (χ4n) is 4.83. The molecule has 0 aliphatic carbocycles. The van der Waals surface area contributed by atoms with Crippen LogP contribution in [-0.4, -0.2) is 41.8 Å². The molecule has 0 saturated carbocycles. The summed E-state index contributed by atoms with van der Waals surface area (Å²) in [5, 5.41) is 3.79. The number of hydrogen-bond acceptors (Lipinski definition) is 5. The summed E-state index contributed by atoms with van der Waals surface area (Å²) in [7, 11) is 1.67. The van der Waals surface area contributed by atoms with Gasteiger partial charge in [-0.2, -0.15) is 0 Å². The average Bonchev–Trinajstić information content (AvgIpc) is 2.78. The van der Waals surface area contributed by atoms with E-state index in [-0.39, 0.29) is 17.6 Å². The number of hydrogen-bond donors (Lipinski definition) is 1. The number of pyridine rings is 1. The van der Waals surface area contributed by atoms with Gasteiger partial charge in [0.05, 0.1) is 18.3 Å². The van der Waals surface area contributed by atoms with E-state index in [9.17, 15) is 9.59 Å². The Balaban J connectivity index is 1.46. The molecule has 1 N–H and O–H groups in total. The van der Waals surface area contributed by atoms with Gasteiger partial charge >= 0.3 is 0 Å². The van der Waals surface area contributed by atoms with Crippen molar-refractivity contribution in [1.82, 2.24) is 9.88 Å². The van der Waals surface area contributed by atoms with Crippen LogP contribution in [0.5, 0.6) is 5.75 Å². The predicted octanol–water partition coefficient (Wildman–Crippen LogP) is 4.91. The van der Waals surface area contributed by atoms with E-state index in [4.69, 9.17) is 9.72 Å². The van der Waals surface area contributed by atoms with E-state index < -0.39 is 0 Å². The number of nitrogens with one attached hydrogen (secondary N) is 1. The SMILES string of the molecule is COc1c(C)cc(C(=O)[C@H]2CCCN(Cc3ccc4cc(NC(C)=O)ccc4n3)C2)cc1C. The third kappa shape index (κ3) is 5.22. The van der Waals surface area contributed by atoms with Gasteiger partial charge in [-0.05, 0) is 80.8 Å². The van der Waals surface area contributed by atoms with Gasteiger partial charge in [-0.3, -0.25) is 19.5 Å². The fraction of sp³-hybridized carbons (Fsp3) is 0.370. The van der Waals surface area contributed by atoms with Gasteiger partial charge in [-0.1, -0.05) is 6.07 Å². The van der Waals surface area contributed by atoms with Crippen molar-refractivity contribution < 1.29 is 14.3 Å². The number of methoxy groups -OCH3 is 1. The standard InChI is InChI=1S/C27H31N3O3/c1-17-12-22(13-18(2)27(17)33-4)26(32)21-6-5-11-30(15-21)16-24-8-7-20-14-23(28-19(3)31)9-10-25(20)29-24/h7-10,12-14,21H,5-6,11,15-16H2,1-4H3,(H,28,31)/t21-/m0/s1. The number of carbonyl (C=O) groups excluding carboxylic acids is 2. The van der Waals surface area contributed by atoms with Crippen LogP contribution in [0.15, 0.2) is 42.5 Å². The van der Waals surface area contributed by atoms with Crippen molar-refractivity contribution in [2.45, 2.75) is 40.2 Å². The van der Waals surface area contributed by atoms with Gasteiger partial charge in [0.15, 0.2) is 5.78 Å². The maximum absolute atomic E-state index is 13.3. The van der Waals surface area contributed by atoms with Gasteiger partial charge in [-0.15, -0.1) is 0 Å². The van der Waals surface area contributed by atoms with E-state index in [1.807, 2.05) is 56.3 Å². The molecule has 2 heterocycles. The van der Waals surface area contributed by atoms with E-state index in [0.717, 1.165) is 70.7 Å². The summed E-state index contributed by atoms with van der Waals surface area (Å²) in [6.07, 6.45) is 1.91. The summed E-state index contributed by atoms with van der Waals surface area (Å²) in [6, 6.07) is 13.7. The first kappa shape index (κ1) is 22.9. The molecule has 1 amide bonds. The number of likely N-dealkylation sites (tertiary alicyclic amines) is 1. The van der Waals surface area contributed by atoms with Gasteiger partial charge in [-0.25, -0.2) is 0 Å². The van der Waals surface area contributed by atoms with Crippen LogP contribution in [-0.2, 0) is 11.3 Å². The van der Waals surface area contributed by atoms with Gasteiger partial charge in [0.1, 0.15) is 5.75 Å². The number of Topliss-reactive ketones (excluding diaryl/α,β-unsaturated/α-hetero) is 1. The second-order valence-electron chi connectivity index (χ2n) is 8.97. The largest absolute Gasteiger partial charge is 0.496 e. The van der Waals surface area contributed by atoms with Crippen LogP contribution in [0, 0.1) is 19.8 Å². The van der Waals surface area contributed by atoms with E-state index in [0.29, 0.717) is 6.54 Å². The van der Waals surface area contributed by atoms with Crippen molar-refractivity contribution in [2.24, 2.45) is 5.92 Å². The molecular formula is C27H31N3O3. The highest BCUT2D eigenvalue weighted by Crippen LogP contribution is 2.28. The van der Waals surface area contributed by atoms with E-state index in [1.165, 1.54) is 6.92 Å². The third-order valence-corrected chi connectivity index (χ3v) is 6.28. The predicted molar refractivity (Wildman–Crippen MR) is 131 cm³/mol. The maximum atomic E-state index is 13.3. The molecule has 6 nitrogen and oxygen atoms in total. The molecule has 0 unspecified atom stereocenters. The van der Waals surface area contributed by atoms with Crippen molar-refractivity contribution in [3.63, 3.8) is 0 Å². The summed E-state index contributed by atoms with van der Waals surface area (Å²) < 4.78 is 5.45. The molecule has 1 aromatic heterocycles. The molecule has 1 aliphatic rings. The first-order chi connectivity index (χ1) is 15.8. The minimum absolute atomic E-state index is 0.00776. The summed E-state index contributed by atoms with van der Waals surface area (Å²) in [6.45, 7) is 7.89. The summed E-state index contributed by atoms with van der Waals surface area (Å²) >= 11 is 0. The van der Waals surface area contributed by atoms with Gasteiger partial charge in [0, 0.05) is 42.6 Å². The van der Waals surface area contributed by atoms with Gasteiger partial charge < -0.3 is 10.1 Å². The maximum Gasteiger partial charge on any atom is 0.221 e. The lowest BCUT2D eigenvalue weighted by molar-refractivity contribution is -0.114. The molecule has 0 spiro atoms. The van der Waals surface area contributed by atoms with Crippen molar-refractivity contribution >= 4 is 28.3 Å². The number of aryl methyl sites for hydroxylation is 2. The highest BCUT2D eigenvalue weighted by Gasteiger charge is 2.27. The van der Waals surface area contributed by atoms with Crippen LogP contribution >= 0.6 is 0 Å². The Kier molecular flexibility index (Phi) is 6.75. The quantitative estimate of drug-likeness (QED) is 0.546. The van der Waals surface area contributed by atoms with Crippen LogP contribution in [0.25, 0.3) is 10.9 Å². The van der Waals surface area contributed by atoms with Gasteiger partial charge in [0.25, 0.3) is 0 Å². The lowest BCUT2D eigenvalue weighted by Gasteiger charge is -2.32. The second-order valence-corrected chi connectivity index (χ2v) is 8.97. The van der Waals surface area contributed by atoms with Crippen molar-refractivity contribution in [2.75, 3.05) is 25.5 Å². The first-order valence-electron chi connectivity index (χ1n) is 11.4. The smallest absolute Gasteiger partial charge is 0.221 e. The highest BCUT2D eigenvalue weighted by atomic mass is 16.5. The molecule has 0 bridgehead atoms. The number of anilines is 1. The molecule has 1 aliphatic heterocycles. The van der Waals surface area contributed by atoms with Crippen molar-refractivity contribution in [1.29, 1.82) is 0 Å². The first-order valence-corrected chi connectivity index (χ1v) is 11.4. The number of amides is 1. The van der Waals surface area contributed by atoms with Gasteiger partial charge in [0.2, 0.25) is 5.91 Å². The number of carbonyl (C=O) groups is 2. The minimum atomic E-state index is -0.0897. The average molecular weight is 446 g/mol. The Bertz CT molecular complexity index is 1180. The monoisotopic (exact) mass is 445 g/mol. The van der Waals surface area contributed by atoms with E-state index in [2.05, 4.69) is 10.2 Å². The molecule has 33 heavy (non-hydrogen) atoms. The fourth-order valence-corrected chi connectivity index (χ4v) is 4.83. The molecule has 1 saturated heterocycles. The third-order valence-electron chi connectivity index (χ3n) is 6.28. The number of benzene rings is 2. The molecule has 4 rings (SSSR count). The topological polar surface area (TPSA) is 71.5 Å². The number of ether oxygens (including phenoxy) is 1. The number of nitrogens with zero attached hydrogens (tertiary/aromatic N) is 2. The summed E-state index contributed by atoms with van der Waals surface area (Å²) in [5.74, 6) is 0.966. The van der Waals surface area contributed by atoms with Crippen LogP contribution in [0.1, 0.15) is 46.9 Å².